The van der Waals surface area contributed by atoms with Gasteiger partial charge in [-0.2, -0.15) is 0 Å². The molecule has 0 aliphatic heterocycles. The van der Waals surface area contributed by atoms with Crippen LogP contribution in [-0.2, 0) is 4.74 Å². The molecule has 7 nitrogen and oxygen atoms in total. The van der Waals surface area contributed by atoms with Gasteiger partial charge in [-0.25, -0.2) is 4.98 Å². The molecule has 7 heteroatoms. The molecule has 1 amide bonds. The quantitative estimate of drug-likeness (QED) is 0.646. The molecule has 118 valence electrons. The summed E-state index contributed by atoms with van der Waals surface area (Å²) >= 11 is 0. The van der Waals surface area contributed by atoms with Crippen LogP contribution in [0.5, 0.6) is 0 Å². The molecule has 0 aliphatic carbocycles. The van der Waals surface area contributed by atoms with E-state index in [4.69, 9.17) is 16.2 Å². The van der Waals surface area contributed by atoms with Crippen LogP contribution >= 0.6 is 0 Å². The van der Waals surface area contributed by atoms with Crippen molar-refractivity contribution in [1.29, 1.82) is 0 Å². The number of hydrogen-bond donors (Lipinski definition) is 2. The molecular formula is C16H17N5O2. The Bertz CT molecular complexity index is 825. The van der Waals surface area contributed by atoms with Crippen LogP contribution in [0.3, 0.4) is 0 Å². The summed E-state index contributed by atoms with van der Waals surface area (Å²) in [6.07, 6.45) is 8.14. The standard InChI is InChI=1S/C16H17N5O2/c1-3-10(23-2)9-19-8-6-11-13(17)15(16(18)22)21-12-5-4-7-20-14(11)12/h3-9H,17H2,1-2H3,(H2,18,22)/b8-6+,10-3-,19-9+. The van der Waals surface area contributed by atoms with Crippen molar-refractivity contribution in [1.82, 2.24) is 9.97 Å². The van der Waals surface area contributed by atoms with Crippen LogP contribution < -0.4 is 11.5 Å². The molecule has 2 aromatic rings. The van der Waals surface area contributed by atoms with Gasteiger partial charge in [-0.1, -0.05) is 0 Å². The van der Waals surface area contributed by atoms with E-state index in [-0.39, 0.29) is 11.4 Å². The van der Waals surface area contributed by atoms with E-state index in [1.165, 1.54) is 6.20 Å². The maximum Gasteiger partial charge on any atom is 0.269 e. The third kappa shape index (κ3) is 3.52. The lowest BCUT2D eigenvalue weighted by atomic mass is 10.1. The van der Waals surface area contributed by atoms with Gasteiger partial charge in [0.25, 0.3) is 5.91 Å². The number of nitrogens with zero attached hydrogens (tertiary/aromatic N) is 3. The molecule has 2 aromatic heterocycles. The Balaban J connectivity index is 2.50. The number of anilines is 1. The van der Waals surface area contributed by atoms with Crippen LogP contribution in [0, 0.1) is 0 Å². The van der Waals surface area contributed by atoms with Crippen LogP contribution in [0.25, 0.3) is 17.1 Å². The topological polar surface area (TPSA) is 116 Å². The summed E-state index contributed by atoms with van der Waals surface area (Å²) in [6.45, 7) is 1.84. The van der Waals surface area contributed by atoms with E-state index < -0.39 is 5.91 Å². The number of primary amides is 1. The van der Waals surface area contributed by atoms with Gasteiger partial charge in [0.1, 0.15) is 5.76 Å². The second-order valence-corrected chi connectivity index (χ2v) is 4.51. The van der Waals surface area contributed by atoms with Crippen molar-refractivity contribution in [2.75, 3.05) is 12.8 Å². The highest BCUT2D eigenvalue weighted by Crippen LogP contribution is 2.25. The monoisotopic (exact) mass is 311 g/mol. The number of carbonyl (C=O) groups is 1. The number of nitrogens with two attached hydrogens (primary N) is 2. The first-order chi connectivity index (χ1) is 11.1. The van der Waals surface area contributed by atoms with Crippen molar-refractivity contribution in [3.8, 4) is 0 Å². The maximum absolute atomic E-state index is 11.5. The second-order valence-electron chi connectivity index (χ2n) is 4.51. The van der Waals surface area contributed by atoms with Crippen LogP contribution in [-0.4, -0.2) is 29.2 Å². The van der Waals surface area contributed by atoms with Gasteiger partial charge in [-0.05, 0) is 31.2 Å². The Morgan fingerprint density at radius 1 is 1.43 bits per heavy atom. The van der Waals surface area contributed by atoms with Gasteiger partial charge < -0.3 is 16.2 Å². The predicted octanol–water partition coefficient (Wildman–Crippen LogP) is 1.90. The minimum absolute atomic E-state index is 0.0140. The zero-order chi connectivity index (χ0) is 16.8. The van der Waals surface area contributed by atoms with E-state index in [2.05, 4.69) is 15.0 Å². The Hall–Kier alpha value is -3.22. The third-order valence-electron chi connectivity index (χ3n) is 3.10. The number of rotatable bonds is 5. The van der Waals surface area contributed by atoms with Gasteiger partial charge in [0.05, 0.1) is 30.0 Å². The van der Waals surface area contributed by atoms with Gasteiger partial charge in [-0.15, -0.1) is 0 Å². The molecule has 2 heterocycles. The Kier molecular flexibility index (Phi) is 5.03. The van der Waals surface area contributed by atoms with Crippen LogP contribution in [0.4, 0.5) is 5.69 Å². The van der Waals surface area contributed by atoms with Gasteiger partial charge in [-0.3, -0.25) is 14.8 Å². The fourth-order valence-electron chi connectivity index (χ4n) is 1.97. The van der Waals surface area contributed by atoms with E-state index in [9.17, 15) is 4.79 Å². The lowest BCUT2D eigenvalue weighted by Crippen LogP contribution is -2.16. The van der Waals surface area contributed by atoms with Crippen molar-refractivity contribution in [3.05, 3.63) is 47.6 Å². The normalized spacial score (nSPS) is 12.3. The highest BCUT2D eigenvalue weighted by molar-refractivity contribution is 6.03. The number of nitrogen functional groups attached to an aromatic ring is 1. The minimum atomic E-state index is -0.693. The molecule has 0 saturated carbocycles. The first-order valence-corrected chi connectivity index (χ1v) is 6.82. The molecule has 0 bridgehead atoms. The number of amides is 1. The average Bonchev–Trinajstić information content (AvgIpc) is 2.56. The Labute approximate surface area is 133 Å². The number of pyridine rings is 2. The van der Waals surface area contributed by atoms with Crippen molar-refractivity contribution >= 4 is 34.9 Å². The first-order valence-electron chi connectivity index (χ1n) is 6.82. The summed E-state index contributed by atoms with van der Waals surface area (Å²) in [5, 5.41) is 0. The molecule has 23 heavy (non-hydrogen) atoms. The number of hydrogen-bond acceptors (Lipinski definition) is 6. The molecule has 0 atom stereocenters. The van der Waals surface area contributed by atoms with Crippen molar-refractivity contribution < 1.29 is 9.53 Å². The third-order valence-corrected chi connectivity index (χ3v) is 3.10. The summed E-state index contributed by atoms with van der Waals surface area (Å²) in [6, 6.07) is 3.45. The van der Waals surface area contributed by atoms with Crippen LogP contribution in [0.2, 0.25) is 0 Å². The number of carbonyl (C=O) groups excluding carboxylic acids is 1. The Morgan fingerprint density at radius 2 is 2.22 bits per heavy atom. The average molecular weight is 311 g/mol. The van der Waals surface area contributed by atoms with Gasteiger partial charge in [0.2, 0.25) is 0 Å². The smallest absolute Gasteiger partial charge is 0.269 e. The summed E-state index contributed by atoms with van der Waals surface area (Å²) < 4.78 is 5.07. The zero-order valence-corrected chi connectivity index (χ0v) is 12.9. The fraction of sp³-hybridized carbons (Fsp3) is 0.125. The summed E-state index contributed by atoms with van der Waals surface area (Å²) in [7, 11) is 1.56. The summed E-state index contributed by atoms with van der Waals surface area (Å²) in [5.74, 6) is -0.0693. The number of aliphatic imine (C=N–C) groups is 1. The molecule has 2 rings (SSSR count). The van der Waals surface area contributed by atoms with E-state index >= 15 is 0 Å². The number of fused-ring (bicyclic) bond motifs is 1. The van der Waals surface area contributed by atoms with Gasteiger partial charge in [0, 0.05) is 18.0 Å². The molecule has 0 aromatic carbocycles. The highest BCUT2D eigenvalue weighted by atomic mass is 16.5. The fourth-order valence-corrected chi connectivity index (χ4v) is 1.97. The molecule has 0 aliphatic rings. The van der Waals surface area contributed by atoms with Crippen molar-refractivity contribution in [2.45, 2.75) is 6.92 Å². The van der Waals surface area contributed by atoms with E-state index in [1.807, 2.05) is 6.92 Å². The Morgan fingerprint density at radius 3 is 2.87 bits per heavy atom. The number of ether oxygens (including phenoxy) is 1. The SMILES string of the molecule is C/C=C(/C=N/C=C/c1c(N)c(C(N)=O)nc2cccnc12)OC. The predicted molar refractivity (Wildman–Crippen MR) is 90.8 cm³/mol. The molecular weight excluding hydrogens is 294 g/mol. The van der Waals surface area contributed by atoms with E-state index in [0.717, 1.165) is 0 Å². The van der Waals surface area contributed by atoms with Crippen LogP contribution in [0.15, 0.2) is 41.4 Å². The molecule has 4 N–H and O–H groups in total. The summed E-state index contributed by atoms with van der Waals surface area (Å²) in [5.41, 5.74) is 13.2. The van der Waals surface area contributed by atoms with E-state index in [1.54, 1.807) is 43.8 Å². The molecule has 0 unspecified atom stereocenters. The van der Waals surface area contributed by atoms with Gasteiger partial charge in [0.15, 0.2) is 5.69 Å². The largest absolute Gasteiger partial charge is 0.495 e. The van der Waals surface area contributed by atoms with Crippen molar-refractivity contribution in [2.24, 2.45) is 10.7 Å². The molecule has 0 radical (unpaired) electrons. The number of allylic oxidation sites excluding steroid dienone is 2. The molecule has 0 fully saturated rings. The number of methoxy groups -OCH3 is 1. The highest BCUT2D eigenvalue weighted by Gasteiger charge is 2.15. The van der Waals surface area contributed by atoms with Crippen LogP contribution in [0.1, 0.15) is 23.0 Å². The maximum atomic E-state index is 11.5. The van der Waals surface area contributed by atoms with Crippen molar-refractivity contribution in [3.63, 3.8) is 0 Å². The number of aromatic nitrogens is 2. The van der Waals surface area contributed by atoms with Gasteiger partial charge >= 0.3 is 0 Å². The van der Waals surface area contributed by atoms with E-state index in [0.29, 0.717) is 22.4 Å². The summed E-state index contributed by atoms with van der Waals surface area (Å²) in [4.78, 5) is 24.0. The lowest BCUT2D eigenvalue weighted by molar-refractivity contribution is 0.0997. The first kappa shape index (κ1) is 16.2. The zero-order valence-electron chi connectivity index (χ0n) is 12.9. The second kappa shape index (κ2) is 7.17. The minimum Gasteiger partial charge on any atom is -0.495 e. The lowest BCUT2D eigenvalue weighted by Gasteiger charge is -2.08. The molecule has 0 saturated heterocycles. The molecule has 0 spiro atoms.